The van der Waals surface area contributed by atoms with Gasteiger partial charge in [-0.3, -0.25) is 4.79 Å². The zero-order chi connectivity index (χ0) is 15.6. The van der Waals surface area contributed by atoms with Crippen molar-refractivity contribution in [3.8, 4) is 0 Å². The fraction of sp³-hybridized carbons (Fsp3) is 0.0625. The highest BCUT2D eigenvalue weighted by Crippen LogP contribution is 2.35. The van der Waals surface area contributed by atoms with Gasteiger partial charge in [-0.15, -0.1) is 0 Å². The molecule has 0 heterocycles. The van der Waals surface area contributed by atoms with Gasteiger partial charge in [0.1, 0.15) is 0 Å². The summed E-state index contributed by atoms with van der Waals surface area (Å²) >= 11 is 21.8. The van der Waals surface area contributed by atoms with E-state index in [4.69, 9.17) is 34.8 Å². The Morgan fingerprint density at radius 1 is 1.05 bits per heavy atom. The van der Waals surface area contributed by atoms with Crippen LogP contribution in [0.1, 0.15) is 18.1 Å². The first-order valence-corrected chi connectivity index (χ1v) is 7.95. The maximum absolute atomic E-state index is 12.0. The summed E-state index contributed by atoms with van der Waals surface area (Å²) in [6.45, 7) is 1.48. The van der Waals surface area contributed by atoms with Gasteiger partial charge in [-0.25, -0.2) is 0 Å². The Bertz CT molecular complexity index is 721. The molecule has 0 fully saturated rings. The average Bonchev–Trinajstić information content (AvgIpc) is 2.40. The zero-order valence-corrected chi connectivity index (χ0v) is 14.8. The van der Waals surface area contributed by atoms with E-state index in [9.17, 15) is 4.79 Å². The Morgan fingerprint density at radius 2 is 1.67 bits per heavy atom. The molecule has 0 saturated heterocycles. The number of carbonyl (C=O) groups excluding carboxylic acids is 1. The van der Waals surface area contributed by atoms with Gasteiger partial charge in [0.25, 0.3) is 0 Å². The van der Waals surface area contributed by atoms with Crippen LogP contribution in [0.25, 0.3) is 10.6 Å². The minimum absolute atomic E-state index is 0.131. The van der Waals surface area contributed by atoms with Gasteiger partial charge in [-0.1, -0.05) is 68.9 Å². The van der Waals surface area contributed by atoms with Gasteiger partial charge in [0.05, 0.1) is 10.1 Å². The van der Waals surface area contributed by atoms with Crippen molar-refractivity contribution < 1.29 is 4.79 Å². The van der Waals surface area contributed by atoms with Crippen molar-refractivity contribution >= 4 is 67.1 Å². The maximum Gasteiger partial charge on any atom is 0.161 e. The van der Waals surface area contributed by atoms with E-state index in [-0.39, 0.29) is 5.78 Å². The lowest BCUT2D eigenvalue weighted by molar-refractivity contribution is -0.111. The number of hydrogen-bond donors (Lipinski definition) is 0. The minimum Gasteiger partial charge on any atom is -0.294 e. The molecule has 0 aliphatic rings. The van der Waals surface area contributed by atoms with E-state index < -0.39 is 0 Å². The summed E-state index contributed by atoms with van der Waals surface area (Å²) in [5, 5.41) is 1.23. The van der Waals surface area contributed by atoms with Crippen molar-refractivity contribution in [3.05, 3.63) is 68.1 Å². The van der Waals surface area contributed by atoms with Crippen molar-refractivity contribution in [3.63, 3.8) is 0 Å². The van der Waals surface area contributed by atoms with Crippen LogP contribution in [-0.4, -0.2) is 5.78 Å². The number of benzene rings is 2. The van der Waals surface area contributed by atoms with Crippen molar-refractivity contribution in [1.82, 2.24) is 0 Å². The molecule has 5 heteroatoms. The number of rotatable bonds is 3. The molecular weight excluding hydrogens is 394 g/mol. The monoisotopic (exact) mass is 402 g/mol. The van der Waals surface area contributed by atoms with Crippen LogP contribution >= 0.6 is 50.7 Å². The Kier molecular flexibility index (Phi) is 5.50. The number of Topliss-reactive ketones (excluding diaryl/α,β-unsaturated/α-hetero) is 1. The van der Waals surface area contributed by atoms with Crippen LogP contribution in [0.3, 0.4) is 0 Å². The van der Waals surface area contributed by atoms with Crippen LogP contribution in [0.15, 0.2) is 46.9 Å². The normalized spacial score (nSPS) is 12.0. The highest BCUT2D eigenvalue weighted by atomic mass is 79.9. The molecule has 0 spiro atoms. The van der Waals surface area contributed by atoms with Gasteiger partial charge < -0.3 is 0 Å². The molecule has 1 nitrogen and oxygen atoms in total. The molecule has 0 saturated carbocycles. The molecule has 0 radical (unpaired) electrons. The Labute approximate surface area is 146 Å². The lowest BCUT2D eigenvalue weighted by Gasteiger charge is -2.10. The van der Waals surface area contributed by atoms with Crippen molar-refractivity contribution in [2.45, 2.75) is 6.92 Å². The third-order valence-electron chi connectivity index (χ3n) is 2.87. The van der Waals surface area contributed by atoms with Gasteiger partial charge in [-0.05, 0) is 36.8 Å². The van der Waals surface area contributed by atoms with E-state index in [1.807, 2.05) is 24.3 Å². The van der Waals surface area contributed by atoms with E-state index in [0.29, 0.717) is 26.2 Å². The lowest BCUT2D eigenvalue weighted by atomic mass is 9.99. The Hall–Kier alpha value is -0.800. The topological polar surface area (TPSA) is 17.1 Å². The van der Waals surface area contributed by atoms with E-state index in [2.05, 4.69) is 15.9 Å². The second-order valence-electron chi connectivity index (χ2n) is 4.38. The Morgan fingerprint density at radius 3 is 2.19 bits per heavy atom. The van der Waals surface area contributed by atoms with Crippen LogP contribution in [0.5, 0.6) is 0 Å². The minimum atomic E-state index is -0.131. The number of halogens is 4. The third kappa shape index (κ3) is 3.89. The number of carbonyl (C=O) groups is 1. The molecule has 0 N–H and O–H groups in total. The Balaban J connectivity index is 2.63. The SMILES string of the molecule is CC(=O)C(=C(Cl)c1ccc(Cl)cc1Cl)c1ccc(Br)cc1. The highest BCUT2D eigenvalue weighted by Gasteiger charge is 2.16. The van der Waals surface area contributed by atoms with Gasteiger partial charge in [0.2, 0.25) is 0 Å². The van der Waals surface area contributed by atoms with Gasteiger partial charge in [0.15, 0.2) is 5.78 Å². The van der Waals surface area contributed by atoms with Crippen molar-refractivity contribution in [1.29, 1.82) is 0 Å². The van der Waals surface area contributed by atoms with Crippen molar-refractivity contribution in [2.24, 2.45) is 0 Å². The second kappa shape index (κ2) is 6.97. The average molecular weight is 405 g/mol. The summed E-state index contributed by atoms with van der Waals surface area (Å²) in [5.74, 6) is -0.131. The molecule has 0 aliphatic heterocycles. The quantitative estimate of drug-likeness (QED) is 0.424. The summed E-state index contributed by atoms with van der Waals surface area (Å²) in [6.07, 6.45) is 0. The molecule has 2 aromatic rings. The molecule has 0 aliphatic carbocycles. The van der Waals surface area contributed by atoms with E-state index >= 15 is 0 Å². The van der Waals surface area contributed by atoms with Crippen LogP contribution in [-0.2, 0) is 4.79 Å². The fourth-order valence-corrected chi connectivity index (χ4v) is 3.13. The number of allylic oxidation sites excluding steroid dienone is 1. The highest BCUT2D eigenvalue weighted by molar-refractivity contribution is 9.10. The summed E-state index contributed by atoms with van der Waals surface area (Å²) in [7, 11) is 0. The van der Waals surface area contributed by atoms with Gasteiger partial charge in [-0.2, -0.15) is 0 Å². The first kappa shape index (κ1) is 16.6. The van der Waals surface area contributed by atoms with Crippen LogP contribution in [0, 0.1) is 0 Å². The summed E-state index contributed by atoms with van der Waals surface area (Å²) < 4.78 is 0.926. The first-order chi connectivity index (χ1) is 9.90. The largest absolute Gasteiger partial charge is 0.294 e. The summed E-state index contributed by atoms with van der Waals surface area (Å²) in [4.78, 5) is 12.0. The molecule has 0 amide bonds. The molecule has 0 atom stereocenters. The summed E-state index contributed by atoms with van der Waals surface area (Å²) in [5.41, 5.74) is 1.74. The van der Waals surface area contributed by atoms with Crippen LogP contribution in [0.2, 0.25) is 10.0 Å². The number of ketones is 1. The second-order valence-corrected chi connectivity index (χ2v) is 6.51. The van der Waals surface area contributed by atoms with Gasteiger partial charge in [0, 0.05) is 20.6 Å². The molecule has 21 heavy (non-hydrogen) atoms. The molecule has 2 rings (SSSR count). The standard InChI is InChI=1S/C16H10BrCl3O/c1-9(21)15(10-2-4-11(17)5-3-10)16(20)13-7-6-12(18)8-14(13)19/h2-8H,1H3. The smallest absolute Gasteiger partial charge is 0.161 e. The maximum atomic E-state index is 12.0. The van der Waals surface area contributed by atoms with Crippen LogP contribution < -0.4 is 0 Å². The third-order valence-corrected chi connectivity index (χ3v) is 4.34. The summed E-state index contributed by atoms with van der Waals surface area (Å²) in [6, 6.07) is 12.3. The van der Waals surface area contributed by atoms with E-state index in [1.54, 1.807) is 18.2 Å². The predicted molar refractivity (Wildman–Crippen MR) is 94.0 cm³/mol. The van der Waals surface area contributed by atoms with Gasteiger partial charge >= 0.3 is 0 Å². The first-order valence-electron chi connectivity index (χ1n) is 6.02. The fourth-order valence-electron chi connectivity index (χ4n) is 1.90. The molecule has 108 valence electrons. The van der Waals surface area contributed by atoms with E-state index in [1.165, 1.54) is 6.92 Å². The molecule has 0 bridgehead atoms. The number of hydrogen-bond acceptors (Lipinski definition) is 1. The van der Waals surface area contributed by atoms with E-state index in [0.717, 1.165) is 10.0 Å². The molecule has 0 aromatic heterocycles. The van der Waals surface area contributed by atoms with Crippen molar-refractivity contribution in [2.75, 3.05) is 0 Å². The van der Waals surface area contributed by atoms with Crippen LogP contribution in [0.4, 0.5) is 0 Å². The predicted octanol–water partition coefficient (Wildman–Crippen LogP) is 6.45. The zero-order valence-electron chi connectivity index (χ0n) is 11.0. The molecular formula is C16H10BrCl3O. The molecule has 2 aromatic carbocycles. The molecule has 0 unspecified atom stereocenters. The lowest BCUT2D eigenvalue weighted by Crippen LogP contribution is -1.99.